The van der Waals surface area contributed by atoms with Crippen LogP contribution in [0.5, 0.6) is 0 Å². The van der Waals surface area contributed by atoms with Gasteiger partial charge in [-0.25, -0.2) is 0 Å². The molecule has 0 aliphatic rings. The van der Waals surface area contributed by atoms with Crippen molar-refractivity contribution >= 4 is 49.4 Å². The van der Waals surface area contributed by atoms with Gasteiger partial charge in [0.15, 0.2) is 0 Å². The van der Waals surface area contributed by atoms with Crippen molar-refractivity contribution in [1.29, 1.82) is 0 Å². The van der Waals surface area contributed by atoms with Crippen molar-refractivity contribution in [3.8, 4) is 59.3 Å². The molecule has 0 fully saturated rings. The van der Waals surface area contributed by atoms with Crippen molar-refractivity contribution < 1.29 is 14.7 Å². The first-order valence-electron chi connectivity index (χ1n) is 19.3. The summed E-state index contributed by atoms with van der Waals surface area (Å²) in [4.78, 5) is 20.7. The molecule has 0 saturated heterocycles. The Bertz CT molecular complexity index is 1770. The lowest BCUT2D eigenvalue weighted by molar-refractivity contribution is -0.116. The minimum absolute atomic E-state index is 0.00368. The van der Waals surface area contributed by atoms with Gasteiger partial charge >= 0.3 is 0 Å². The highest BCUT2D eigenvalue weighted by Crippen LogP contribution is 2.41. The van der Waals surface area contributed by atoms with Gasteiger partial charge in [-0.05, 0) is 91.1 Å². The zero-order valence-electron chi connectivity index (χ0n) is 34.4. The Morgan fingerprint density at radius 1 is 0.732 bits per heavy atom. The third-order valence-corrected chi connectivity index (χ3v) is 11.9. The van der Waals surface area contributed by atoms with Crippen LogP contribution in [0.4, 0.5) is 0 Å². The predicted octanol–water partition coefficient (Wildman–Crippen LogP) is 8.70. The van der Waals surface area contributed by atoms with Crippen LogP contribution in [0.2, 0.25) is 19.6 Å². The first-order valence-corrected chi connectivity index (χ1v) is 24.8. The molecule has 0 bridgehead atoms. The number of nitrogens with one attached hydrogen (secondary N) is 1. The SMILES string of the molecule is C#CC#CCCCC/C=C/C(=O)NC.C=P(c1ccccc1)(c1ccccc1)c1ccccc1.CCCCC#CCO.C[Si](C)(C)C#CC#CCCCCC=O. The topological polar surface area (TPSA) is 66.4 Å². The number of hydrogen-bond donors (Lipinski definition) is 2. The third-order valence-electron chi connectivity index (χ3n) is 7.51. The van der Waals surface area contributed by atoms with Crippen molar-refractivity contribution in [2.75, 3.05) is 13.7 Å². The molecule has 4 nitrogen and oxygen atoms in total. The molecular formula is C50H62NO3PSi. The fraction of sp³-hybridized carbons (Fsp3) is 0.340. The third kappa shape index (κ3) is 26.6. The molecule has 0 heterocycles. The molecule has 0 atom stereocenters. The molecule has 294 valence electrons. The summed E-state index contributed by atoms with van der Waals surface area (Å²) in [5.41, 5.74) is 3.18. The molecule has 6 heteroatoms. The van der Waals surface area contributed by atoms with Gasteiger partial charge in [0.1, 0.15) is 21.0 Å². The predicted molar refractivity (Wildman–Crippen MR) is 248 cm³/mol. The van der Waals surface area contributed by atoms with Gasteiger partial charge in [0.05, 0.1) is 0 Å². The van der Waals surface area contributed by atoms with Crippen LogP contribution in [0, 0.1) is 59.3 Å². The Kier molecular flexibility index (Phi) is 31.1. The van der Waals surface area contributed by atoms with Gasteiger partial charge in [-0.15, -0.1) is 17.9 Å². The molecule has 3 aromatic rings. The number of carbonyl (C=O) groups excluding carboxylic acids is 2. The molecule has 3 aromatic carbocycles. The van der Waals surface area contributed by atoms with Crippen LogP contribution in [-0.4, -0.2) is 45.3 Å². The van der Waals surface area contributed by atoms with E-state index >= 15 is 0 Å². The van der Waals surface area contributed by atoms with E-state index in [1.807, 2.05) is 6.08 Å². The van der Waals surface area contributed by atoms with Crippen molar-refractivity contribution in [1.82, 2.24) is 5.32 Å². The lowest BCUT2D eigenvalue weighted by Crippen LogP contribution is -2.25. The largest absolute Gasteiger partial charge is 0.384 e. The normalized spacial score (nSPS) is 9.66. The quantitative estimate of drug-likeness (QED) is 0.0430. The van der Waals surface area contributed by atoms with E-state index in [4.69, 9.17) is 17.8 Å². The van der Waals surface area contributed by atoms with E-state index in [2.05, 4.69) is 176 Å². The molecule has 0 saturated carbocycles. The van der Waals surface area contributed by atoms with Crippen molar-refractivity contribution in [2.45, 2.75) is 97.2 Å². The summed E-state index contributed by atoms with van der Waals surface area (Å²) >= 11 is 0. The van der Waals surface area contributed by atoms with E-state index in [1.165, 1.54) is 22.3 Å². The van der Waals surface area contributed by atoms with Gasteiger partial charge < -0.3 is 15.2 Å². The number of likely N-dealkylation sites (N-methyl/N-ethyl adjacent to an activating group) is 1. The zero-order valence-corrected chi connectivity index (χ0v) is 36.3. The molecule has 0 spiro atoms. The first-order chi connectivity index (χ1) is 27.1. The summed E-state index contributed by atoms with van der Waals surface area (Å²) in [6.07, 6.45) is 24.5. The van der Waals surface area contributed by atoms with Crippen LogP contribution >= 0.6 is 6.89 Å². The van der Waals surface area contributed by atoms with Crippen LogP contribution in [0.3, 0.4) is 0 Å². The Morgan fingerprint density at radius 2 is 1.21 bits per heavy atom. The van der Waals surface area contributed by atoms with E-state index in [0.29, 0.717) is 6.42 Å². The molecule has 0 aliphatic heterocycles. The molecule has 0 aromatic heterocycles. The highest BCUT2D eigenvalue weighted by atomic mass is 31.2. The molecular weight excluding hydrogens is 722 g/mol. The fourth-order valence-electron chi connectivity index (χ4n) is 4.53. The summed E-state index contributed by atoms with van der Waals surface area (Å²) in [6, 6.07) is 31.9. The number of aliphatic hydroxyl groups excluding tert-OH is 1. The molecule has 2 N–H and O–H groups in total. The highest BCUT2D eigenvalue weighted by molar-refractivity contribution is 7.93. The minimum atomic E-state index is -1.78. The summed E-state index contributed by atoms with van der Waals surface area (Å²) in [7, 11) is 0.365. The van der Waals surface area contributed by atoms with Crippen molar-refractivity contribution in [3.63, 3.8) is 0 Å². The molecule has 3 rings (SSSR count). The van der Waals surface area contributed by atoms with Crippen molar-refractivity contribution in [2.24, 2.45) is 0 Å². The van der Waals surface area contributed by atoms with E-state index in [0.717, 1.165) is 64.1 Å². The maximum Gasteiger partial charge on any atom is 0.243 e. The molecule has 0 radical (unpaired) electrons. The van der Waals surface area contributed by atoms with Crippen molar-refractivity contribution in [3.05, 3.63) is 103 Å². The second kappa shape index (κ2) is 34.3. The van der Waals surface area contributed by atoms with E-state index < -0.39 is 15.0 Å². The van der Waals surface area contributed by atoms with Gasteiger partial charge in [-0.1, -0.05) is 154 Å². The fourth-order valence-corrected chi connectivity index (χ4v) is 7.91. The number of unbranched alkanes of at least 4 members (excludes halogenated alkanes) is 8. The second-order valence-corrected chi connectivity index (χ2v) is 21.3. The van der Waals surface area contributed by atoms with E-state index in [1.54, 1.807) is 13.1 Å². The molecule has 0 aliphatic carbocycles. The number of amides is 1. The number of allylic oxidation sites excluding steroid dienone is 1. The van der Waals surface area contributed by atoms with Gasteiger partial charge in [0.25, 0.3) is 0 Å². The average molecular weight is 784 g/mol. The molecule has 0 unspecified atom stereocenters. The van der Waals surface area contributed by atoms with Gasteiger partial charge in [-0.3, -0.25) is 4.79 Å². The number of terminal acetylenes is 1. The van der Waals surface area contributed by atoms with Crippen LogP contribution < -0.4 is 21.2 Å². The number of benzene rings is 3. The number of carbonyl (C=O) groups is 2. The first kappa shape index (κ1) is 50.8. The Morgan fingerprint density at radius 3 is 1.64 bits per heavy atom. The maximum atomic E-state index is 10.7. The van der Waals surface area contributed by atoms with E-state index in [-0.39, 0.29) is 12.5 Å². The van der Waals surface area contributed by atoms with Crippen LogP contribution in [0.25, 0.3) is 0 Å². The average Bonchev–Trinajstić information content (AvgIpc) is 3.22. The zero-order chi connectivity index (χ0) is 41.6. The van der Waals surface area contributed by atoms with E-state index in [9.17, 15) is 9.59 Å². The summed E-state index contributed by atoms with van der Waals surface area (Å²) in [5.74, 6) is 21.8. The number of aldehydes is 1. The Hall–Kier alpha value is -5.18. The number of aliphatic hydroxyl groups is 1. The van der Waals surface area contributed by atoms with Gasteiger partial charge in [-0.2, -0.15) is 0 Å². The van der Waals surface area contributed by atoms with Crippen LogP contribution in [-0.2, 0) is 9.59 Å². The monoisotopic (exact) mass is 783 g/mol. The maximum absolute atomic E-state index is 10.7. The minimum Gasteiger partial charge on any atom is -0.384 e. The second-order valence-electron chi connectivity index (χ2n) is 13.4. The van der Waals surface area contributed by atoms with Gasteiger partial charge in [0.2, 0.25) is 5.91 Å². The lowest BCUT2D eigenvalue weighted by Gasteiger charge is -2.26. The number of rotatable bonds is 14. The molecule has 56 heavy (non-hydrogen) atoms. The standard InChI is InChI=1S/C19H17P.C12H15NO.C12H18OSi.C7H12O/c1-20(17-11-5-2-6-12-17,18-13-7-3-8-14-18)19-15-9-4-10-16-19;1-3-4-5-6-7-8-9-10-11-12(14)13-2;1-14(2,3)12-10-8-6-4-5-7-9-11-13;1-2-3-4-5-6-7-8/h2-16H,1H2;1,10-11H,6-9H2,2H3,(H,13,14);11H,4-5,7,9H2,1-3H3;8H,2-4,7H2,1H3/b;11-10+;;. The number of hydrogen-bond acceptors (Lipinski definition) is 3. The van der Waals surface area contributed by atoms with Gasteiger partial charge in [0, 0.05) is 32.7 Å². The Labute approximate surface area is 341 Å². The highest BCUT2D eigenvalue weighted by Gasteiger charge is 2.21. The molecule has 1 amide bonds. The lowest BCUT2D eigenvalue weighted by atomic mass is 10.2. The van der Waals surface area contributed by atoms with Crippen LogP contribution in [0.15, 0.2) is 103 Å². The van der Waals surface area contributed by atoms with Crippen LogP contribution in [0.1, 0.15) is 77.6 Å². The summed E-state index contributed by atoms with van der Waals surface area (Å²) in [6.45, 7) is 6.95. The summed E-state index contributed by atoms with van der Waals surface area (Å²) < 4.78 is 0. The smallest absolute Gasteiger partial charge is 0.243 e. The Balaban J connectivity index is 0.000000757. The summed E-state index contributed by atoms with van der Waals surface area (Å²) in [5, 5.41) is 14.7.